The van der Waals surface area contributed by atoms with Gasteiger partial charge in [0.1, 0.15) is 5.75 Å². The SMILES string of the molecule is CCn1c(Sc2ccc([N+](=O)[O-])cc2/C=c2\sc3n(c2=O)[C@H](c2cccc(OC)c2)C(C(=O)OC(C)C)=C(C)N=3)nnc1-c1cccc(Cl)c1. The second-order valence-electron chi connectivity index (χ2n) is 11.5. The van der Waals surface area contributed by atoms with E-state index in [1.807, 2.05) is 29.7 Å². The van der Waals surface area contributed by atoms with Crippen LogP contribution in [0.2, 0.25) is 5.02 Å². The van der Waals surface area contributed by atoms with E-state index in [0.29, 0.717) is 54.8 Å². The molecular weight excluding hydrogens is 700 g/mol. The predicted molar refractivity (Wildman–Crippen MR) is 191 cm³/mol. The van der Waals surface area contributed by atoms with Gasteiger partial charge in [0, 0.05) is 34.2 Å². The van der Waals surface area contributed by atoms with Crippen LogP contribution >= 0.6 is 34.7 Å². The third kappa shape index (κ3) is 6.86. The van der Waals surface area contributed by atoms with E-state index >= 15 is 0 Å². The number of ether oxygens (including phenoxy) is 2. The zero-order valence-electron chi connectivity index (χ0n) is 27.6. The van der Waals surface area contributed by atoms with Gasteiger partial charge in [-0.25, -0.2) is 9.79 Å². The Kier molecular flexibility index (Phi) is 10.0. The first-order valence-corrected chi connectivity index (χ1v) is 17.5. The topological polar surface area (TPSA) is 144 Å². The van der Waals surface area contributed by atoms with Crippen molar-refractivity contribution in [1.82, 2.24) is 19.3 Å². The number of benzene rings is 3. The van der Waals surface area contributed by atoms with Crippen molar-refractivity contribution in [2.24, 2.45) is 4.99 Å². The molecular formula is C35H31ClN6O6S2. The van der Waals surface area contributed by atoms with Crippen LogP contribution in [0, 0.1) is 10.1 Å². The largest absolute Gasteiger partial charge is 0.497 e. The summed E-state index contributed by atoms with van der Waals surface area (Å²) in [6, 6.07) is 18.0. The van der Waals surface area contributed by atoms with Gasteiger partial charge in [-0.05, 0) is 87.0 Å². The molecule has 5 aromatic rings. The van der Waals surface area contributed by atoms with Crippen molar-refractivity contribution in [1.29, 1.82) is 0 Å². The molecule has 0 saturated heterocycles. The fourth-order valence-corrected chi connectivity index (χ4v) is 7.78. The average Bonchev–Trinajstić information content (AvgIpc) is 3.63. The van der Waals surface area contributed by atoms with Crippen LogP contribution in [-0.4, -0.2) is 43.4 Å². The highest BCUT2D eigenvalue weighted by Crippen LogP contribution is 2.35. The lowest BCUT2D eigenvalue weighted by molar-refractivity contribution is -0.384. The number of fused-ring (bicyclic) bond motifs is 1. The fraction of sp³-hybridized carbons (Fsp3) is 0.229. The molecule has 0 amide bonds. The Balaban J connectivity index is 1.50. The third-order valence-electron chi connectivity index (χ3n) is 7.80. The minimum Gasteiger partial charge on any atom is -0.497 e. The molecule has 1 aliphatic rings. The number of non-ortho nitro benzene ring substituents is 1. The summed E-state index contributed by atoms with van der Waals surface area (Å²) in [7, 11) is 1.54. The van der Waals surface area contributed by atoms with Gasteiger partial charge in [-0.1, -0.05) is 47.2 Å². The van der Waals surface area contributed by atoms with Crippen LogP contribution in [0.5, 0.6) is 5.75 Å². The number of hydrogen-bond donors (Lipinski definition) is 0. The monoisotopic (exact) mass is 730 g/mol. The van der Waals surface area contributed by atoms with E-state index in [-0.39, 0.29) is 15.8 Å². The summed E-state index contributed by atoms with van der Waals surface area (Å²) < 4.78 is 14.7. The lowest BCUT2D eigenvalue weighted by Gasteiger charge is -2.25. The molecule has 15 heteroatoms. The first kappa shape index (κ1) is 34.8. The molecule has 0 spiro atoms. The van der Waals surface area contributed by atoms with E-state index < -0.39 is 28.6 Å². The molecule has 256 valence electrons. The van der Waals surface area contributed by atoms with E-state index in [1.54, 1.807) is 63.2 Å². The van der Waals surface area contributed by atoms with Crippen molar-refractivity contribution >= 4 is 52.4 Å². The van der Waals surface area contributed by atoms with Crippen LogP contribution in [0.4, 0.5) is 5.69 Å². The molecule has 0 unspecified atom stereocenters. The molecule has 0 fully saturated rings. The minimum atomic E-state index is -0.860. The van der Waals surface area contributed by atoms with Crippen LogP contribution in [0.15, 0.2) is 97.8 Å². The van der Waals surface area contributed by atoms with Gasteiger partial charge in [-0.3, -0.25) is 19.5 Å². The average molecular weight is 731 g/mol. The van der Waals surface area contributed by atoms with Gasteiger partial charge in [0.05, 0.1) is 40.0 Å². The van der Waals surface area contributed by atoms with Crippen molar-refractivity contribution in [3.8, 4) is 17.1 Å². The summed E-state index contributed by atoms with van der Waals surface area (Å²) in [5.74, 6) is 0.583. The van der Waals surface area contributed by atoms with E-state index in [9.17, 15) is 19.7 Å². The number of hydrogen-bond acceptors (Lipinski definition) is 11. The molecule has 1 atom stereocenters. The Bertz CT molecular complexity index is 2360. The molecule has 0 N–H and O–H groups in total. The molecule has 0 saturated carbocycles. The first-order valence-electron chi connectivity index (χ1n) is 15.5. The van der Waals surface area contributed by atoms with Crippen LogP contribution in [0.1, 0.15) is 44.9 Å². The number of nitro benzene ring substituents is 1. The van der Waals surface area contributed by atoms with Crippen LogP contribution in [0.3, 0.4) is 0 Å². The standard InChI is InChI=1S/C35H31ClN6O6S2/c1-6-40-31(22-10-7-11-24(36)15-22)38-39-35(40)49-27-14-13-25(42(45)46)16-23(27)18-28-32(43)41-30(21-9-8-12-26(17-21)47-5)29(33(44)48-19(2)3)20(4)37-34(41)50-28/h7-19,30H,6H2,1-5H3/b28-18-/t30-/m1/s1. The van der Waals surface area contributed by atoms with Crippen molar-refractivity contribution in [2.45, 2.75) is 56.4 Å². The molecule has 0 bridgehead atoms. The highest BCUT2D eigenvalue weighted by molar-refractivity contribution is 7.99. The molecule has 2 aromatic heterocycles. The lowest BCUT2D eigenvalue weighted by atomic mass is 9.95. The number of rotatable bonds is 10. The molecule has 0 aliphatic carbocycles. The van der Waals surface area contributed by atoms with Gasteiger partial charge >= 0.3 is 5.97 Å². The van der Waals surface area contributed by atoms with Crippen molar-refractivity contribution in [3.63, 3.8) is 0 Å². The molecule has 50 heavy (non-hydrogen) atoms. The van der Waals surface area contributed by atoms with Crippen LogP contribution in [0.25, 0.3) is 17.5 Å². The Morgan fingerprint density at radius 3 is 2.62 bits per heavy atom. The fourth-order valence-electron chi connectivity index (χ4n) is 5.57. The van der Waals surface area contributed by atoms with Crippen molar-refractivity contribution in [3.05, 3.63) is 124 Å². The number of esters is 1. The third-order valence-corrected chi connectivity index (χ3v) is 10.1. The van der Waals surface area contributed by atoms with E-state index in [2.05, 4.69) is 15.2 Å². The predicted octanol–water partition coefficient (Wildman–Crippen LogP) is 6.19. The number of aromatic nitrogens is 4. The normalized spacial score (nSPS) is 14.5. The maximum atomic E-state index is 14.3. The van der Waals surface area contributed by atoms with Gasteiger partial charge in [-0.15, -0.1) is 10.2 Å². The summed E-state index contributed by atoms with van der Waals surface area (Å²) in [4.78, 5) is 44.8. The summed E-state index contributed by atoms with van der Waals surface area (Å²) in [6.45, 7) is 7.71. The molecule has 12 nitrogen and oxygen atoms in total. The van der Waals surface area contributed by atoms with E-state index in [0.717, 1.165) is 16.9 Å². The van der Waals surface area contributed by atoms with Crippen LogP contribution in [-0.2, 0) is 16.1 Å². The van der Waals surface area contributed by atoms with Crippen molar-refractivity contribution < 1.29 is 19.2 Å². The van der Waals surface area contributed by atoms with Gasteiger partial charge in [0.2, 0.25) is 0 Å². The number of carbonyl (C=O) groups is 1. The summed E-state index contributed by atoms with van der Waals surface area (Å²) in [5, 5.41) is 21.8. The molecule has 3 heterocycles. The molecule has 1 aliphatic heterocycles. The van der Waals surface area contributed by atoms with Gasteiger partial charge < -0.3 is 14.0 Å². The number of methoxy groups -OCH3 is 1. The maximum absolute atomic E-state index is 14.3. The summed E-state index contributed by atoms with van der Waals surface area (Å²) in [5.41, 5.74) is 1.92. The zero-order valence-corrected chi connectivity index (χ0v) is 30.0. The summed E-state index contributed by atoms with van der Waals surface area (Å²) in [6.07, 6.45) is 1.21. The van der Waals surface area contributed by atoms with E-state index in [4.69, 9.17) is 21.1 Å². The number of carbonyl (C=O) groups excluding carboxylic acids is 1. The highest BCUT2D eigenvalue weighted by atomic mass is 35.5. The smallest absolute Gasteiger partial charge is 0.338 e. The zero-order chi connectivity index (χ0) is 35.7. The number of thiazole rings is 1. The highest BCUT2D eigenvalue weighted by Gasteiger charge is 2.34. The Hall–Kier alpha value is -5.05. The summed E-state index contributed by atoms with van der Waals surface area (Å²) >= 11 is 8.63. The minimum absolute atomic E-state index is 0.145. The van der Waals surface area contributed by atoms with Gasteiger partial charge in [0.15, 0.2) is 15.8 Å². The Morgan fingerprint density at radius 1 is 1.14 bits per heavy atom. The first-order chi connectivity index (χ1) is 24.0. The number of nitrogens with zero attached hydrogens (tertiary/aromatic N) is 6. The quantitative estimate of drug-likeness (QED) is 0.0934. The van der Waals surface area contributed by atoms with Crippen LogP contribution < -0.4 is 19.6 Å². The second kappa shape index (κ2) is 14.4. The van der Waals surface area contributed by atoms with Gasteiger partial charge in [0.25, 0.3) is 11.2 Å². The van der Waals surface area contributed by atoms with Crippen molar-refractivity contribution in [2.75, 3.05) is 7.11 Å². The molecule has 6 rings (SSSR count). The number of allylic oxidation sites excluding steroid dienone is 1. The lowest BCUT2D eigenvalue weighted by Crippen LogP contribution is -2.40. The second-order valence-corrected chi connectivity index (χ2v) is 13.9. The molecule has 0 radical (unpaired) electrons. The van der Waals surface area contributed by atoms with Gasteiger partial charge in [-0.2, -0.15) is 0 Å². The maximum Gasteiger partial charge on any atom is 0.338 e. The Morgan fingerprint density at radius 2 is 1.92 bits per heavy atom. The Labute approximate surface area is 299 Å². The molecule has 3 aromatic carbocycles. The van der Waals surface area contributed by atoms with E-state index in [1.165, 1.54) is 35.6 Å². The number of halogens is 1. The number of nitro groups is 1.